The second-order valence-corrected chi connectivity index (χ2v) is 6.32. The lowest BCUT2D eigenvalue weighted by Crippen LogP contribution is -2.11. The molecule has 0 bridgehead atoms. The fourth-order valence-corrected chi connectivity index (χ4v) is 3.58. The molecule has 1 aliphatic rings. The predicted molar refractivity (Wildman–Crippen MR) is 80.5 cm³/mol. The number of fused-ring (bicyclic) bond motifs is 1. The topological polar surface area (TPSA) is 17.8 Å². The van der Waals surface area contributed by atoms with Crippen molar-refractivity contribution in [3.05, 3.63) is 29.6 Å². The van der Waals surface area contributed by atoms with Crippen molar-refractivity contribution < 1.29 is 8.78 Å². The molecule has 0 aliphatic heterocycles. The van der Waals surface area contributed by atoms with Crippen LogP contribution in [0.15, 0.2) is 12.1 Å². The first-order chi connectivity index (χ1) is 10.1. The molecule has 1 aromatic heterocycles. The fourth-order valence-electron chi connectivity index (χ4n) is 3.40. The van der Waals surface area contributed by atoms with Gasteiger partial charge < -0.3 is 4.57 Å². The molecular weight excluding hydrogens is 294 g/mol. The minimum atomic E-state index is -0.614. The Morgan fingerprint density at radius 3 is 2.81 bits per heavy atom. The van der Waals surface area contributed by atoms with Crippen LogP contribution in [-0.2, 0) is 5.88 Å². The molecule has 1 aliphatic carbocycles. The molecule has 21 heavy (non-hydrogen) atoms. The number of halogens is 3. The lowest BCUT2D eigenvalue weighted by molar-refractivity contribution is 0.433. The van der Waals surface area contributed by atoms with E-state index >= 15 is 0 Å². The van der Waals surface area contributed by atoms with Gasteiger partial charge >= 0.3 is 0 Å². The van der Waals surface area contributed by atoms with Crippen molar-refractivity contribution >= 4 is 22.6 Å². The van der Waals surface area contributed by atoms with Gasteiger partial charge in [0.2, 0.25) is 0 Å². The first-order valence-electron chi connectivity index (χ1n) is 7.52. The number of aromatic nitrogens is 2. The Bertz CT molecular complexity index is 653. The summed E-state index contributed by atoms with van der Waals surface area (Å²) in [5.74, 6) is 0.372. The third kappa shape index (κ3) is 2.78. The van der Waals surface area contributed by atoms with E-state index in [-0.39, 0.29) is 17.4 Å². The molecule has 1 fully saturated rings. The van der Waals surface area contributed by atoms with Crippen LogP contribution in [0.4, 0.5) is 8.78 Å². The van der Waals surface area contributed by atoms with Gasteiger partial charge in [-0.25, -0.2) is 13.8 Å². The Balaban J connectivity index is 2.11. The van der Waals surface area contributed by atoms with Crippen LogP contribution in [-0.4, -0.2) is 9.55 Å². The number of hydrogen-bond donors (Lipinski definition) is 0. The average Bonchev–Trinajstić information content (AvgIpc) is 2.68. The van der Waals surface area contributed by atoms with Crippen molar-refractivity contribution in [2.75, 3.05) is 0 Å². The lowest BCUT2D eigenvalue weighted by atomic mass is 10.0. The Labute approximate surface area is 128 Å². The SMILES string of the molecule is CC1CCCC(n2c(CCl)nc3c(F)cc(F)cc32)CC1. The molecule has 0 amide bonds. The van der Waals surface area contributed by atoms with Gasteiger partial charge in [0.1, 0.15) is 17.2 Å². The van der Waals surface area contributed by atoms with Crippen molar-refractivity contribution in [1.29, 1.82) is 0 Å². The molecule has 1 saturated carbocycles. The van der Waals surface area contributed by atoms with E-state index in [2.05, 4.69) is 11.9 Å². The monoisotopic (exact) mass is 312 g/mol. The smallest absolute Gasteiger partial charge is 0.153 e. The van der Waals surface area contributed by atoms with Crippen LogP contribution in [0.3, 0.4) is 0 Å². The van der Waals surface area contributed by atoms with E-state index in [0.717, 1.165) is 31.7 Å². The van der Waals surface area contributed by atoms with E-state index in [1.807, 2.05) is 4.57 Å². The molecule has 1 aromatic carbocycles. The summed E-state index contributed by atoms with van der Waals surface area (Å²) >= 11 is 5.98. The number of hydrogen-bond acceptors (Lipinski definition) is 1. The minimum absolute atomic E-state index is 0.210. The molecule has 2 unspecified atom stereocenters. The van der Waals surface area contributed by atoms with Crippen molar-refractivity contribution in [2.24, 2.45) is 5.92 Å². The van der Waals surface area contributed by atoms with Crippen LogP contribution in [0.2, 0.25) is 0 Å². The Morgan fingerprint density at radius 2 is 2.05 bits per heavy atom. The third-order valence-corrected chi connectivity index (χ3v) is 4.74. The van der Waals surface area contributed by atoms with Gasteiger partial charge in [0.15, 0.2) is 5.82 Å². The summed E-state index contributed by atoms with van der Waals surface area (Å²) < 4.78 is 29.5. The molecule has 2 nitrogen and oxygen atoms in total. The number of rotatable bonds is 2. The largest absolute Gasteiger partial charge is 0.324 e. The molecule has 1 heterocycles. The van der Waals surface area contributed by atoms with Gasteiger partial charge in [0, 0.05) is 12.1 Å². The molecule has 5 heteroatoms. The highest BCUT2D eigenvalue weighted by molar-refractivity contribution is 6.16. The molecule has 2 atom stereocenters. The van der Waals surface area contributed by atoms with Crippen LogP contribution in [0.1, 0.15) is 50.9 Å². The fraction of sp³-hybridized carbons (Fsp3) is 0.562. The number of benzene rings is 1. The summed E-state index contributed by atoms with van der Waals surface area (Å²) in [5.41, 5.74) is 0.757. The Kier molecular flexibility index (Phi) is 4.16. The predicted octanol–water partition coefficient (Wildman–Crippen LogP) is 5.19. The quantitative estimate of drug-likeness (QED) is 0.551. The van der Waals surface area contributed by atoms with E-state index in [4.69, 9.17) is 11.6 Å². The lowest BCUT2D eigenvalue weighted by Gasteiger charge is -2.19. The van der Waals surface area contributed by atoms with Gasteiger partial charge in [-0.3, -0.25) is 0 Å². The van der Waals surface area contributed by atoms with Crippen molar-refractivity contribution in [3.8, 4) is 0 Å². The zero-order chi connectivity index (χ0) is 15.0. The van der Waals surface area contributed by atoms with Crippen LogP contribution >= 0.6 is 11.6 Å². The van der Waals surface area contributed by atoms with Gasteiger partial charge in [-0.1, -0.05) is 19.8 Å². The molecule has 0 radical (unpaired) electrons. The standard InChI is InChI=1S/C16H19ClF2N2/c1-10-3-2-4-12(6-5-10)21-14-8-11(18)7-13(19)16(14)20-15(21)9-17/h7-8,10,12H,2-6,9H2,1H3. The zero-order valence-electron chi connectivity index (χ0n) is 12.1. The van der Waals surface area contributed by atoms with Crippen molar-refractivity contribution in [3.63, 3.8) is 0 Å². The van der Waals surface area contributed by atoms with Crippen LogP contribution in [0.5, 0.6) is 0 Å². The first-order valence-corrected chi connectivity index (χ1v) is 8.05. The Morgan fingerprint density at radius 1 is 1.24 bits per heavy atom. The van der Waals surface area contributed by atoms with Gasteiger partial charge in [-0.05, 0) is 31.2 Å². The third-order valence-electron chi connectivity index (χ3n) is 4.50. The summed E-state index contributed by atoms with van der Waals surface area (Å²) in [4.78, 5) is 4.29. The first kappa shape index (κ1) is 14.8. The van der Waals surface area contributed by atoms with E-state index in [1.165, 1.54) is 12.5 Å². The highest BCUT2D eigenvalue weighted by Crippen LogP contribution is 2.34. The molecule has 2 aromatic rings. The molecule has 3 rings (SSSR count). The second-order valence-electron chi connectivity index (χ2n) is 6.05. The van der Waals surface area contributed by atoms with E-state index in [9.17, 15) is 8.78 Å². The van der Waals surface area contributed by atoms with Gasteiger partial charge in [-0.15, -0.1) is 11.6 Å². The second kappa shape index (κ2) is 5.91. The maximum absolute atomic E-state index is 13.9. The molecule has 0 saturated heterocycles. The number of imidazole rings is 1. The van der Waals surface area contributed by atoms with Crippen LogP contribution in [0, 0.1) is 17.6 Å². The van der Waals surface area contributed by atoms with Crippen molar-refractivity contribution in [2.45, 2.75) is 50.9 Å². The summed E-state index contributed by atoms with van der Waals surface area (Å²) in [5, 5.41) is 0. The highest BCUT2D eigenvalue weighted by atomic mass is 35.5. The maximum atomic E-state index is 13.9. The van der Waals surface area contributed by atoms with Gasteiger partial charge in [0.25, 0.3) is 0 Å². The zero-order valence-corrected chi connectivity index (χ0v) is 12.8. The van der Waals surface area contributed by atoms with Gasteiger partial charge in [0.05, 0.1) is 11.4 Å². The summed E-state index contributed by atoms with van der Waals surface area (Å²) in [6.45, 7) is 2.26. The van der Waals surface area contributed by atoms with Gasteiger partial charge in [-0.2, -0.15) is 0 Å². The number of alkyl halides is 1. The highest BCUT2D eigenvalue weighted by Gasteiger charge is 2.23. The molecule has 0 N–H and O–H groups in total. The molecular formula is C16H19ClF2N2. The number of nitrogens with zero attached hydrogens (tertiary/aromatic N) is 2. The van der Waals surface area contributed by atoms with Crippen LogP contribution in [0.25, 0.3) is 11.0 Å². The summed E-state index contributed by atoms with van der Waals surface area (Å²) in [6, 6.07) is 2.48. The minimum Gasteiger partial charge on any atom is -0.324 e. The van der Waals surface area contributed by atoms with Crippen molar-refractivity contribution in [1.82, 2.24) is 9.55 Å². The molecule has 114 valence electrons. The van der Waals surface area contributed by atoms with E-state index in [1.54, 1.807) is 0 Å². The van der Waals surface area contributed by atoms with E-state index in [0.29, 0.717) is 17.3 Å². The maximum Gasteiger partial charge on any atom is 0.153 e. The Hall–Kier alpha value is -1.16. The summed E-state index contributed by atoms with van der Waals surface area (Å²) in [7, 11) is 0. The summed E-state index contributed by atoms with van der Waals surface area (Å²) in [6.07, 6.45) is 5.49. The molecule has 0 spiro atoms. The van der Waals surface area contributed by atoms with E-state index < -0.39 is 11.6 Å². The normalized spacial score (nSPS) is 23.4. The van der Waals surface area contributed by atoms with Crippen LogP contribution < -0.4 is 0 Å². The average molecular weight is 313 g/mol.